The molecule has 0 bridgehead atoms. The lowest BCUT2D eigenvalue weighted by Crippen LogP contribution is -2.43. The minimum absolute atomic E-state index is 0.0231. The van der Waals surface area contributed by atoms with Crippen LogP contribution >= 0.6 is 37.0 Å². The Balaban J connectivity index is 1.23. The topological polar surface area (TPSA) is 382 Å². The number of anilines is 2. The van der Waals surface area contributed by atoms with Crippen molar-refractivity contribution in [2.45, 2.75) is 106 Å². The van der Waals surface area contributed by atoms with Crippen molar-refractivity contribution in [1.82, 2.24) is 34.4 Å². The van der Waals surface area contributed by atoms with E-state index in [4.69, 9.17) is 46.2 Å². The molecular formula is C33H53N11O14P2S2. The van der Waals surface area contributed by atoms with Gasteiger partial charge in [-0.15, -0.1) is 0 Å². The van der Waals surface area contributed by atoms with Crippen LogP contribution in [0.1, 0.15) is 58.9 Å². The monoisotopic (exact) mass is 953 g/mol. The number of aromatic nitrogens is 6. The van der Waals surface area contributed by atoms with Crippen LogP contribution in [0, 0.1) is 0 Å². The fourth-order valence-electron chi connectivity index (χ4n) is 6.20. The molecule has 0 aliphatic carbocycles. The summed E-state index contributed by atoms with van der Waals surface area (Å²) < 4.78 is 47.8. The molecule has 0 spiro atoms. The van der Waals surface area contributed by atoms with Gasteiger partial charge in [0, 0.05) is 29.7 Å². The highest BCUT2D eigenvalue weighted by atomic mass is 33.1. The van der Waals surface area contributed by atoms with Gasteiger partial charge in [-0.25, -0.2) is 24.3 Å². The smallest absolute Gasteiger partial charge is 0.455 e. The third kappa shape index (κ3) is 13.9. The van der Waals surface area contributed by atoms with E-state index in [0.29, 0.717) is 25.1 Å². The number of esters is 1. The van der Waals surface area contributed by atoms with Gasteiger partial charge in [-0.2, -0.15) is 4.98 Å². The number of hydrogen-bond donors (Lipinski definition) is 9. The predicted octanol–water partition coefficient (Wildman–Crippen LogP) is -0.476. The maximum absolute atomic E-state index is 13.4. The summed E-state index contributed by atoms with van der Waals surface area (Å²) in [5, 5.41) is 14.4. The van der Waals surface area contributed by atoms with E-state index in [1.54, 1.807) is 10.8 Å². The maximum atomic E-state index is 13.4. The molecule has 0 saturated carbocycles. The highest BCUT2D eigenvalue weighted by Crippen LogP contribution is 2.49. The average Bonchev–Trinajstić information content (AvgIpc) is 3.87. The Bertz CT molecular complexity index is 2180. The third-order valence-electron chi connectivity index (χ3n) is 9.15. The lowest BCUT2D eigenvalue weighted by Gasteiger charge is -2.27. The van der Waals surface area contributed by atoms with E-state index in [-0.39, 0.29) is 46.3 Å². The zero-order chi connectivity index (χ0) is 45.6. The molecule has 2 fully saturated rings. The molecule has 0 aromatic carbocycles. The molecule has 1 amide bonds. The lowest BCUT2D eigenvalue weighted by molar-refractivity contribution is -0.158. The first kappa shape index (κ1) is 49.8. The van der Waals surface area contributed by atoms with E-state index in [1.165, 1.54) is 40.3 Å². The number of nitrogens with one attached hydrogen (secondary N) is 1. The van der Waals surface area contributed by atoms with Crippen LogP contribution in [0.5, 0.6) is 0 Å². The first-order valence-corrected chi connectivity index (χ1v) is 24.7. The molecule has 10 atom stereocenters. The summed E-state index contributed by atoms with van der Waals surface area (Å²) in [5.41, 5.74) is 23.4. The molecular weight excluding hydrogens is 901 g/mol. The molecule has 5 rings (SSSR count). The van der Waals surface area contributed by atoms with Crippen molar-refractivity contribution in [2.75, 3.05) is 37.0 Å². The molecule has 1 unspecified atom stereocenters. The number of nitrogen functional groups attached to an aromatic ring is 2. The van der Waals surface area contributed by atoms with Crippen molar-refractivity contribution < 1.29 is 61.7 Å². The summed E-state index contributed by atoms with van der Waals surface area (Å²) in [6.07, 6.45) is -0.914. The molecule has 0 radical (unpaired) electrons. The van der Waals surface area contributed by atoms with Crippen LogP contribution in [0.3, 0.4) is 0 Å². The van der Waals surface area contributed by atoms with Crippen molar-refractivity contribution >= 4 is 78.0 Å². The van der Waals surface area contributed by atoms with Crippen LogP contribution in [-0.4, -0.2) is 140 Å². The highest BCUT2D eigenvalue weighted by molar-refractivity contribution is 8.77. The number of carbonyl (C=O) groups is 2. The number of rotatable bonds is 21. The van der Waals surface area contributed by atoms with Crippen LogP contribution < -0.4 is 33.9 Å². The fourth-order valence-corrected chi connectivity index (χ4v) is 10.0. The quantitative estimate of drug-likeness (QED) is 0.0282. The van der Waals surface area contributed by atoms with Crippen LogP contribution in [-0.2, 0) is 41.9 Å². The molecule has 2 aliphatic heterocycles. The number of phosphoric ester groups is 1. The second kappa shape index (κ2) is 21.2. The van der Waals surface area contributed by atoms with E-state index in [9.17, 15) is 38.7 Å². The zero-order valence-corrected chi connectivity index (χ0v) is 37.4. The second-order valence-electron chi connectivity index (χ2n) is 15.3. The summed E-state index contributed by atoms with van der Waals surface area (Å²) in [7, 11) is -6.02. The Morgan fingerprint density at radius 3 is 2.48 bits per heavy atom. The Labute approximate surface area is 363 Å². The van der Waals surface area contributed by atoms with Gasteiger partial charge in [0.05, 0.1) is 31.7 Å². The predicted molar refractivity (Wildman–Crippen MR) is 229 cm³/mol. The number of carbonyl (C=O) groups excluding carboxylic acids is 2. The summed E-state index contributed by atoms with van der Waals surface area (Å²) in [4.78, 5) is 84.2. The number of fused-ring (bicyclic) bond motifs is 1. The maximum Gasteiger partial charge on any atom is 0.469 e. The molecule has 62 heavy (non-hydrogen) atoms. The van der Waals surface area contributed by atoms with Crippen LogP contribution in [0.25, 0.3) is 11.2 Å². The molecule has 3 aromatic heterocycles. The number of unbranched alkanes of at least 4 members (excludes halogenated alkanes) is 1. The van der Waals surface area contributed by atoms with Gasteiger partial charge >= 0.3 is 19.5 Å². The van der Waals surface area contributed by atoms with E-state index < -0.39 is 95.3 Å². The Morgan fingerprint density at radius 1 is 1.06 bits per heavy atom. The molecule has 2 aliphatic rings. The summed E-state index contributed by atoms with van der Waals surface area (Å²) in [5.74, 6) is -0.754. The molecule has 29 heteroatoms. The fraction of sp³-hybridized carbons (Fsp3) is 0.636. The van der Waals surface area contributed by atoms with Gasteiger partial charge in [0.1, 0.15) is 48.2 Å². The third-order valence-corrected chi connectivity index (χ3v) is 14.2. The molecule has 5 heterocycles. The Morgan fingerprint density at radius 2 is 1.79 bits per heavy atom. The average molecular weight is 954 g/mol. The van der Waals surface area contributed by atoms with E-state index in [0.717, 1.165) is 4.57 Å². The number of aliphatic hydroxyl groups excluding tert-OH is 1. The number of nitrogens with two attached hydrogens (primary N) is 4. The van der Waals surface area contributed by atoms with E-state index in [1.807, 2.05) is 0 Å². The number of phosphoric acid groups is 1. The minimum Gasteiger partial charge on any atom is -0.455 e. The molecule has 25 nitrogen and oxygen atoms in total. The van der Waals surface area contributed by atoms with Crippen LogP contribution in [0.4, 0.5) is 11.6 Å². The van der Waals surface area contributed by atoms with Crippen molar-refractivity contribution in [3.05, 3.63) is 35.4 Å². The van der Waals surface area contributed by atoms with E-state index in [2.05, 4.69) is 56.8 Å². The number of nitrogens with zero attached hydrogens (tertiary/aromatic N) is 6. The number of imidazole rings is 1. The van der Waals surface area contributed by atoms with Gasteiger partial charge in [0.25, 0.3) is 0 Å². The standard InChI is InChI=1S/C33H53N11O14P2S2/c1-33(2,3)62-61-14-18(35)29(46)38-9-6-5-7-17(34)31(47)57-26-21(56-30(25(26)45)44-16-41-24-27(37)39-15-40-28(24)44)13-53-59(4,49)58-19-11-23(43-10-8-22(36)42-32(43)48)55-20(19)12-54-60(50,51)52/h8,10,15-21,23,25-26,30,45,49H,4-7,9,11-14,34-35H2,1-3H3,(H,38,46)(H2,36,42,48)(H2,37,39,40)(H2,50,51,52)/t17-,18-,19-,20+,21+,23+,25+,26+,30+,59?/m0/s1. The zero-order valence-electron chi connectivity index (χ0n) is 33.9. The number of aliphatic hydroxyl groups is 1. The molecule has 3 aromatic rings. The summed E-state index contributed by atoms with van der Waals surface area (Å²) in [6.45, 7) is 5.17. The van der Waals surface area contributed by atoms with Gasteiger partial charge in [-0.3, -0.25) is 23.2 Å². The van der Waals surface area contributed by atoms with Gasteiger partial charge in [-0.05, 0) is 31.6 Å². The van der Waals surface area contributed by atoms with Gasteiger partial charge < -0.3 is 71.3 Å². The van der Waals surface area contributed by atoms with Gasteiger partial charge in [0.2, 0.25) is 13.5 Å². The van der Waals surface area contributed by atoms with Gasteiger partial charge in [0.15, 0.2) is 23.8 Å². The Hall–Kier alpha value is -3.24. The van der Waals surface area contributed by atoms with Crippen molar-refractivity contribution in [1.29, 1.82) is 0 Å². The van der Waals surface area contributed by atoms with Crippen molar-refractivity contribution in [3.8, 4) is 0 Å². The van der Waals surface area contributed by atoms with Gasteiger partial charge in [-0.1, -0.05) is 42.4 Å². The normalized spacial score (nSPS) is 25.1. The highest BCUT2D eigenvalue weighted by Gasteiger charge is 2.49. The lowest BCUT2D eigenvalue weighted by atomic mass is 10.1. The number of amides is 1. The number of ether oxygens (including phenoxy) is 3. The summed E-state index contributed by atoms with van der Waals surface area (Å²) in [6, 6.07) is -0.510. The summed E-state index contributed by atoms with van der Waals surface area (Å²) >= 11 is 0. The molecule has 346 valence electrons. The van der Waals surface area contributed by atoms with Crippen LogP contribution in [0.2, 0.25) is 0 Å². The van der Waals surface area contributed by atoms with Crippen LogP contribution in [0.15, 0.2) is 29.7 Å². The van der Waals surface area contributed by atoms with Crippen molar-refractivity contribution in [2.24, 2.45) is 11.5 Å². The second-order valence-corrected chi connectivity index (χ2v) is 21.4. The Kier molecular flexibility index (Phi) is 17.0. The first-order valence-electron chi connectivity index (χ1n) is 19.1. The van der Waals surface area contributed by atoms with E-state index >= 15 is 0 Å². The van der Waals surface area contributed by atoms with Crippen molar-refractivity contribution in [3.63, 3.8) is 0 Å². The number of hydrogen-bond acceptors (Lipinski definition) is 22. The molecule has 2 saturated heterocycles. The SMILES string of the molecule is C=P(O)(OC[C@H]1O[C@@H](n2cnc3c(N)ncnc32)[C@H](O)[C@@H]1OC(=O)[C@@H](N)CCCCNC(=O)[C@@H](N)CSSC(C)(C)C)O[C@H]1C[C@H](n2ccc(N)nc2=O)O[C@@H]1COP(=O)(O)O. The molecule has 13 N–H and O–H groups in total. The largest absolute Gasteiger partial charge is 0.469 e. The first-order chi connectivity index (χ1) is 29.0. The minimum atomic E-state index is -5.00.